The van der Waals surface area contributed by atoms with Crippen LogP contribution in [0.25, 0.3) is 5.65 Å². The van der Waals surface area contributed by atoms with Crippen LogP contribution in [0, 0.1) is 0 Å². The maximum Gasteiger partial charge on any atom is 0.160 e. The quantitative estimate of drug-likeness (QED) is 0.781. The lowest BCUT2D eigenvalue weighted by Gasteiger charge is -2.11. The van der Waals surface area contributed by atoms with Crippen LogP contribution in [0.1, 0.15) is 25.1 Å². The molecule has 5 heteroatoms. The van der Waals surface area contributed by atoms with E-state index in [1.165, 1.54) is 0 Å². The van der Waals surface area contributed by atoms with Crippen LogP contribution >= 0.6 is 0 Å². The summed E-state index contributed by atoms with van der Waals surface area (Å²) in [6.07, 6.45) is 3.07. The van der Waals surface area contributed by atoms with Crippen LogP contribution in [0.5, 0.6) is 0 Å². The highest BCUT2D eigenvalue weighted by Crippen LogP contribution is 2.30. The first-order chi connectivity index (χ1) is 7.75. The van der Waals surface area contributed by atoms with E-state index in [-0.39, 0.29) is 6.10 Å². The Labute approximate surface area is 93.2 Å². The number of hydrogen-bond acceptors (Lipinski definition) is 4. The van der Waals surface area contributed by atoms with Gasteiger partial charge in [-0.2, -0.15) is 0 Å². The summed E-state index contributed by atoms with van der Waals surface area (Å²) in [5.74, 6) is 1.27. The minimum atomic E-state index is 0.203. The highest BCUT2D eigenvalue weighted by atomic mass is 16.5. The van der Waals surface area contributed by atoms with Gasteiger partial charge in [0.05, 0.1) is 6.10 Å². The summed E-state index contributed by atoms with van der Waals surface area (Å²) in [4.78, 5) is 0. The molecule has 2 aromatic rings. The summed E-state index contributed by atoms with van der Waals surface area (Å²) in [6, 6.07) is 3.72. The number of pyridine rings is 1. The zero-order valence-corrected chi connectivity index (χ0v) is 9.13. The molecule has 2 atom stereocenters. The van der Waals surface area contributed by atoms with E-state index in [9.17, 15) is 0 Å². The van der Waals surface area contributed by atoms with Gasteiger partial charge >= 0.3 is 0 Å². The fraction of sp³-hybridized carbons (Fsp3) is 0.455. The van der Waals surface area contributed by atoms with Crippen LogP contribution in [0.2, 0.25) is 0 Å². The van der Waals surface area contributed by atoms with Crippen LogP contribution in [0.4, 0.5) is 5.69 Å². The summed E-state index contributed by atoms with van der Waals surface area (Å²) in [5, 5.41) is 8.39. The topological polar surface area (TPSA) is 65.4 Å². The van der Waals surface area contributed by atoms with E-state index in [1.807, 2.05) is 22.7 Å². The van der Waals surface area contributed by atoms with Crippen molar-refractivity contribution in [1.82, 2.24) is 14.6 Å². The number of aromatic nitrogens is 3. The predicted molar refractivity (Wildman–Crippen MR) is 60.2 cm³/mol. The van der Waals surface area contributed by atoms with Gasteiger partial charge in [0.25, 0.3) is 0 Å². The van der Waals surface area contributed by atoms with Crippen molar-refractivity contribution < 1.29 is 4.74 Å². The predicted octanol–water partition coefficient (Wildman–Crippen LogP) is 1.20. The molecule has 5 nitrogen and oxygen atoms in total. The Balaban J connectivity index is 2.12. The molecule has 2 unspecified atom stereocenters. The maximum absolute atomic E-state index is 5.78. The van der Waals surface area contributed by atoms with Gasteiger partial charge in [0.15, 0.2) is 5.65 Å². The van der Waals surface area contributed by atoms with Crippen molar-refractivity contribution in [3.63, 3.8) is 0 Å². The van der Waals surface area contributed by atoms with E-state index in [4.69, 9.17) is 10.5 Å². The maximum atomic E-state index is 5.78. The van der Waals surface area contributed by atoms with E-state index < -0.39 is 0 Å². The molecule has 2 aromatic heterocycles. The molecule has 1 saturated heterocycles. The van der Waals surface area contributed by atoms with Crippen LogP contribution in [0.3, 0.4) is 0 Å². The number of anilines is 1. The lowest BCUT2D eigenvalue weighted by Crippen LogP contribution is -2.12. The molecule has 1 aliphatic rings. The molecule has 0 spiro atoms. The number of nitrogens with zero attached hydrogens (tertiary/aromatic N) is 3. The summed E-state index contributed by atoms with van der Waals surface area (Å²) in [6.45, 7) is 2.87. The number of fused-ring (bicyclic) bond motifs is 1. The summed E-state index contributed by atoms with van der Waals surface area (Å²) in [5.41, 5.74) is 7.34. The Morgan fingerprint density at radius 2 is 2.31 bits per heavy atom. The van der Waals surface area contributed by atoms with E-state index >= 15 is 0 Å². The van der Waals surface area contributed by atoms with Gasteiger partial charge in [0.2, 0.25) is 0 Å². The van der Waals surface area contributed by atoms with Crippen molar-refractivity contribution in [1.29, 1.82) is 0 Å². The van der Waals surface area contributed by atoms with Gasteiger partial charge in [0.1, 0.15) is 5.82 Å². The Hall–Kier alpha value is -1.62. The highest BCUT2D eigenvalue weighted by molar-refractivity contribution is 5.47. The van der Waals surface area contributed by atoms with E-state index in [1.54, 1.807) is 0 Å². The summed E-state index contributed by atoms with van der Waals surface area (Å²) < 4.78 is 7.52. The first-order valence-electron chi connectivity index (χ1n) is 5.47. The highest BCUT2D eigenvalue weighted by Gasteiger charge is 2.29. The fourth-order valence-corrected chi connectivity index (χ4v) is 2.25. The fourth-order valence-electron chi connectivity index (χ4n) is 2.25. The second kappa shape index (κ2) is 3.45. The van der Waals surface area contributed by atoms with E-state index in [0.29, 0.717) is 5.92 Å². The number of ether oxygens (including phenoxy) is 1. The molecule has 2 N–H and O–H groups in total. The normalized spacial score (nSPS) is 25.3. The molecule has 1 fully saturated rings. The number of nitrogen functional groups attached to an aromatic ring is 1. The second-order valence-electron chi connectivity index (χ2n) is 4.22. The molecule has 3 heterocycles. The molecule has 16 heavy (non-hydrogen) atoms. The van der Waals surface area contributed by atoms with Crippen LogP contribution < -0.4 is 5.73 Å². The third-order valence-corrected chi connectivity index (χ3v) is 3.16. The average molecular weight is 218 g/mol. The van der Waals surface area contributed by atoms with Gasteiger partial charge in [-0.25, -0.2) is 0 Å². The molecule has 3 rings (SSSR count). The molecule has 0 aromatic carbocycles. The number of rotatable bonds is 1. The Morgan fingerprint density at radius 3 is 3.06 bits per heavy atom. The van der Waals surface area contributed by atoms with Gasteiger partial charge in [-0.3, -0.25) is 4.40 Å². The minimum absolute atomic E-state index is 0.203. The molecule has 84 valence electrons. The lowest BCUT2D eigenvalue weighted by atomic mass is 10.0. The molecule has 0 amide bonds. The number of nitrogens with two attached hydrogens (primary N) is 1. The second-order valence-corrected chi connectivity index (χ2v) is 4.22. The molecular formula is C11H14N4O. The van der Waals surface area contributed by atoms with Crippen molar-refractivity contribution in [3.8, 4) is 0 Å². The molecule has 0 aliphatic carbocycles. The van der Waals surface area contributed by atoms with Crippen LogP contribution in [-0.2, 0) is 4.74 Å². The first kappa shape index (κ1) is 9.59. The lowest BCUT2D eigenvalue weighted by molar-refractivity contribution is 0.117. The van der Waals surface area contributed by atoms with Crippen molar-refractivity contribution in [2.45, 2.75) is 25.4 Å². The number of hydrogen-bond donors (Lipinski definition) is 1. The summed E-state index contributed by atoms with van der Waals surface area (Å²) in [7, 11) is 0. The zero-order chi connectivity index (χ0) is 11.1. The van der Waals surface area contributed by atoms with Crippen molar-refractivity contribution in [3.05, 3.63) is 24.2 Å². The standard InChI is InChI=1S/C11H14N4O/c1-7-9(4-5-16-7)11-14-13-10-3-2-8(12)6-15(10)11/h2-3,6-7,9H,4-5,12H2,1H3. The SMILES string of the molecule is CC1OCCC1c1nnc2ccc(N)cn12. The van der Waals surface area contributed by atoms with Crippen molar-refractivity contribution in [2.24, 2.45) is 0 Å². The van der Waals surface area contributed by atoms with Crippen molar-refractivity contribution in [2.75, 3.05) is 12.3 Å². The van der Waals surface area contributed by atoms with Gasteiger partial charge < -0.3 is 10.5 Å². The summed E-state index contributed by atoms with van der Waals surface area (Å²) >= 11 is 0. The van der Waals surface area contributed by atoms with Gasteiger partial charge in [-0.05, 0) is 25.5 Å². The monoisotopic (exact) mass is 218 g/mol. The zero-order valence-electron chi connectivity index (χ0n) is 9.13. The third kappa shape index (κ3) is 1.36. The third-order valence-electron chi connectivity index (χ3n) is 3.16. The Morgan fingerprint density at radius 1 is 1.44 bits per heavy atom. The van der Waals surface area contributed by atoms with Gasteiger partial charge in [-0.1, -0.05) is 0 Å². The minimum Gasteiger partial charge on any atom is -0.398 e. The first-order valence-corrected chi connectivity index (χ1v) is 5.47. The van der Waals surface area contributed by atoms with E-state index in [2.05, 4.69) is 17.1 Å². The molecule has 1 aliphatic heterocycles. The molecule has 0 radical (unpaired) electrons. The smallest absolute Gasteiger partial charge is 0.160 e. The average Bonchev–Trinajstić information content (AvgIpc) is 2.83. The molecule has 0 bridgehead atoms. The Bertz CT molecular complexity index is 522. The van der Waals surface area contributed by atoms with E-state index in [0.717, 1.165) is 30.2 Å². The molecule has 0 saturated carbocycles. The largest absolute Gasteiger partial charge is 0.398 e. The van der Waals surface area contributed by atoms with Crippen LogP contribution in [0.15, 0.2) is 18.3 Å². The molecular weight excluding hydrogens is 204 g/mol. The van der Waals surface area contributed by atoms with Crippen molar-refractivity contribution >= 4 is 11.3 Å². The Kier molecular flexibility index (Phi) is 2.07. The van der Waals surface area contributed by atoms with Gasteiger partial charge in [-0.15, -0.1) is 10.2 Å². The van der Waals surface area contributed by atoms with Crippen LogP contribution in [-0.4, -0.2) is 27.3 Å². The van der Waals surface area contributed by atoms with Gasteiger partial charge in [0, 0.05) is 24.4 Å².